The number of carbonyl (C=O) groups is 2. The highest BCUT2D eigenvalue weighted by atomic mass is 35.5. The summed E-state index contributed by atoms with van der Waals surface area (Å²) in [6, 6.07) is 13.0. The number of anilines is 1. The standard InChI is InChI=1S/C22H22Cl2N2O2/c1-3-13(2)26-12-22(17-8-7-16(24)10-19(17)25-21(22)28)18(11-20(26)27)14-5-4-6-15(23)9-14/h4-10,13,18H,3,11-12H2,1-2H3,(H,25,28). The van der Waals surface area contributed by atoms with E-state index >= 15 is 0 Å². The number of amides is 2. The molecule has 28 heavy (non-hydrogen) atoms. The molecule has 0 bridgehead atoms. The Kier molecular flexibility index (Phi) is 4.88. The summed E-state index contributed by atoms with van der Waals surface area (Å²) in [5.41, 5.74) is 1.67. The highest BCUT2D eigenvalue weighted by Gasteiger charge is 2.57. The van der Waals surface area contributed by atoms with Crippen LogP contribution >= 0.6 is 23.2 Å². The van der Waals surface area contributed by atoms with Gasteiger partial charge in [0.2, 0.25) is 11.8 Å². The third-order valence-corrected chi connectivity index (χ3v) is 6.67. The Morgan fingerprint density at radius 1 is 1.18 bits per heavy atom. The second-order valence-electron chi connectivity index (χ2n) is 7.71. The van der Waals surface area contributed by atoms with Gasteiger partial charge in [-0.2, -0.15) is 0 Å². The molecule has 146 valence electrons. The average Bonchev–Trinajstić information content (AvgIpc) is 2.93. The molecule has 1 saturated heterocycles. The smallest absolute Gasteiger partial charge is 0.237 e. The molecule has 2 aromatic rings. The maximum absolute atomic E-state index is 13.4. The number of rotatable bonds is 3. The van der Waals surface area contributed by atoms with Crippen LogP contribution < -0.4 is 5.32 Å². The van der Waals surface area contributed by atoms with Gasteiger partial charge in [-0.1, -0.05) is 48.3 Å². The molecule has 0 radical (unpaired) electrons. The van der Waals surface area contributed by atoms with Crippen LogP contribution in [-0.2, 0) is 15.0 Å². The summed E-state index contributed by atoms with van der Waals surface area (Å²) in [5, 5.41) is 4.18. The molecule has 3 unspecified atom stereocenters. The van der Waals surface area contributed by atoms with Crippen LogP contribution in [0.4, 0.5) is 5.69 Å². The van der Waals surface area contributed by atoms with Gasteiger partial charge >= 0.3 is 0 Å². The maximum atomic E-state index is 13.4. The lowest BCUT2D eigenvalue weighted by atomic mass is 9.64. The molecule has 2 heterocycles. The minimum Gasteiger partial charge on any atom is -0.339 e. The summed E-state index contributed by atoms with van der Waals surface area (Å²) in [4.78, 5) is 28.3. The van der Waals surface area contributed by atoms with E-state index in [1.807, 2.05) is 42.2 Å². The Morgan fingerprint density at radius 2 is 1.93 bits per heavy atom. The van der Waals surface area contributed by atoms with Crippen molar-refractivity contribution in [3.8, 4) is 0 Å². The van der Waals surface area contributed by atoms with Gasteiger partial charge in [0.25, 0.3) is 0 Å². The molecule has 2 aliphatic rings. The van der Waals surface area contributed by atoms with E-state index in [9.17, 15) is 9.59 Å². The summed E-state index contributed by atoms with van der Waals surface area (Å²) in [7, 11) is 0. The Balaban J connectivity index is 1.91. The van der Waals surface area contributed by atoms with Crippen molar-refractivity contribution in [3.05, 3.63) is 63.6 Å². The van der Waals surface area contributed by atoms with E-state index < -0.39 is 5.41 Å². The number of likely N-dealkylation sites (tertiary alicyclic amines) is 1. The van der Waals surface area contributed by atoms with Crippen LogP contribution in [0.3, 0.4) is 0 Å². The van der Waals surface area contributed by atoms with Gasteiger partial charge in [0.05, 0.1) is 0 Å². The molecule has 2 aliphatic heterocycles. The molecule has 2 aromatic carbocycles. The van der Waals surface area contributed by atoms with Gasteiger partial charge in [0, 0.05) is 40.7 Å². The number of piperidine rings is 1. The van der Waals surface area contributed by atoms with Crippen molar-refractivity contribution >= 4 is 40.7 Å². The molecule has 3 atom stereocenters. The van der Waals surface area contributed by atoms with Crippen molar-refractivity contribution in [1.29, 1.82) is 0 Å². The van der Waals surface area contributed by atoms with Gasteiger partial charge in [0.1, 0.15) is 5.41 Å². The molecule has 4 rings (SSSR count). The Hall–Kier alpha value is -2.04. The minimum atomic E-state index is -0.859. The van der Waals surface area contributed by atoms with E-state index in [1.165, 1.54) is 0 Å². The van der Waals surface area contributed by atoms with Crippen molar-refractivity contribution < 1.29 is 9.59 Å². The van der Waals surface area contributed by atoms with E-state index in [1.54, 1.807) is 12.1 Å². The molecule has 1 spiro atoms. The summed E-state index contributed by atoms with van der Waals surface area (Å²) < 4.78 is 0. The predicted molar refractivity (Wildman–Crippen MR) is 112 cm³/mol. The highest BCUT2D eigenvalue weighted by Crippen LogP contribution is 2.52. The largest absolute Gasteiger partial charge is 0.339 e. The number of carbonyl (C=O) groups excluding carboxylic acids is 2. The van der Waals surface area contributed by atoms with E-state index in [-0.39, 0.29) is 30.2 Å². The van der Waals surface area contributed by atoms with E-state index in [2.05, 4.69) is 12.2 Å². The number of hydrogen-bond acceptors (Lipinski definition) is 2. The van der Waals surface area contributed by atoms with Crippen LogP contribution in [0.25, 0.3) is 0 Å². The molecule has 0 saturated carbocycles. The number of benzene rings is 2. The van der Waals surface area contributed by atoms with Crippen LogP contribution in [0.5, 0.6) is 0 Å². The van der Waals surface area contributed by atoms with Gasteiger partial charge in [0.15, 0.2) is 0 Å². The Bertz CT molecular complexity index is 961. The molecule has 2 amide bonds. The van der Waals surface area contributed by atoms with E-state index in [0.717, 1.165) is 23.2 Å². The van der Waals surface area contributed by atoms with Crippen molar-refractivity contribution in [3.63, 3.8) is 0 Å². The quantitative estimate of drug-likeness (QED) is 0.764. The first-order valence-electron chi connectivity index (χ1n) is 9.53. The molecule has 1 N–H and O–H groups in total. The Labute approximate surface area is 174 Å². The zero-order valence-electron chi connectivity index (χ0n) is 15.8. The topological polar surface area (TPSA) is 49.4 Å². The fourth-order valence-electron chi connectivity index (χ4n) is 4.55. The molecule has 0 aliphatic carbocycles. The summed E-state index contributed by atoms with van der Waals surface area (Å²) in [5.74, 6) is -0.308. The predicted octanol–water partition coefficient (Wildman–Crippen LogP) is 5.00. The fourth-order valence-corrected chi connectivity index (χ4v) is 4.92. The second kappa shape index (κ2) is 7.09. The monoisotopic (exact) mass is 416 g/mol. The third-order valence-electron chi connectivity index (χ3n) is 6.20. The first-order valence-corrected chi connectivity index (χ1v) is 10.3. The first-order chi connectivity index (χ1) is 13.4. The van der Waals surface area contributed by atoms with Gasteiger partial charge in [-0.25, -0.2) is 0 Å². The fraction of sp³-hybridized carbons (Fsp3) is 0.364. The maximum Gasteiger partial charge on any atom is 0.237 e. The first kappa shape index (κ1) is 19.3. The Morgan fingerprint density at radius 3 is 2.64 bits per heavy atom. The normalized spacial score (nSPS) is 25.0. The number of fused-ring (bicyclic) bond motifs is 2. The summed E-state index contributed by atoms with van der Waals surface area (Å²) in [6.07, 6.45) is 1.10. The van der Waals surface area contributed by atoms with Gasteiger partial charge < -0.3 is 10.2 Å². The van der Waals surface area contributed by atoms with Crippen LogP contribution in [0.1, 0.15) is 43.7 Å². The number of nitrogens with one attached hydrogen (secondary N) is 1. The molecule has 0 aromatic heterocycles. The van der Waals surface area contributed by atoms with E-state index in [0.29, 0.717) is 16.6 Å². The number of nitrogens with zero attached hydrogens (tertiary/aromatic N) is 1. The average molecular weight is 417 g/mol. The SMILES string of the molecule is CCC(C)N1CC2(C(=O)Nc3cc(Cl)ccc32)C(c2cccc(Cl)c2)CC1=O. The van der Waals surface area contributed by atoms with Crippen LogP contribution in [-0.4, -0.2) is 29.3 Å². The number of halogens is 2. The van der Waals surface area contributed by atoms with Crippen LogP contribution in [0.2, 0.25) is 10.0 Å². The van der Waals surface area contributed by atoms with Crippen molar-refractivity contribution in [1.82, 2.24) is 4.90 Å². The second-order valence-corrected chi connectivity index (χ2v) is 8.58. The van der Waals surface area contributed by atoms with E-state index in [4.69, 9.17) is 23.2 Å². The highest BCUT2D eigenvalue weighted by molar-refractivity contribution is 6.31. The molecular weight excluding hydrogens is 395 g/mol. The number of hydrogen-bond donors (Lipinski definition) is 1. The zero-order chi connectivity index (χ0) is 20.1. The van der Waals surface area contributed by atoms with Crippen LogP contribution in [0.15, 0.2) is 42.5 Å². The third kappa shape index (κ3) is 2.90. The van der Waals surface area contributed by atoms with Gasteiger partial charge in [-0.3, -0.25) is 9.59 Å². The molecular formula is C22H22Cl2N2O2. The minimum absolute atomic E-state index is 0.0637. The molecule has 4 nitrogen and oxygen atoms in total. The lowest BCUT2D eigenvalue weighted by molar-refractivity contribution is -0.141. The van der Waals surface area contributed by atoms with Gasteiger partial charge in [-0.05, 0) is 48.7 Å². The van der Waals surface area contributed by atoms with Gasteiger partial charge in [-0.15, -0.1) is 0 Å². The summed E-state index contributed by atoms with van der Waals surface area (Å²) in [6.45, 7) is 4.43. The van der Waals surface area contributed by atoms with Crippen LogP contribution in [0, 0.1) is 0 Å². The van der Waals surface area contributed by atoms with Crippen molar-refractivity contribution in [2.75, 3.05) is 11.9 Å². The van der Waals surface area contributed by atoms with Crippen molar-refractivity contribution in [2.24, 2.45) is 0 Å². The lowest BCUT2D eigenvalue weighted by Gasteiger charge is -2.46. The molecule has 1 fully saturated rings. The molecule has 6 heteroatoms. The van der Waals surface area contributed by atoms with Crippen molar-refractivity contribution in [2.45, 2.75) is 44.1 Å². The summed E-state index contributed by atoms with van der Waals surface area (Å²) >= 11 is 12.4. The zero-order valence-corrected chi connectivity index (χ0v) is 17.3. The lowest BCUT2D eigenvalue weighted by Crippen LogP contribution is -2.58.